The monoisotopic (exact) mass is 228 g/mol. The van der Waals surface area contributed by atoms with Crippen molar-refractivity contribution in [3.8, 4) is 0 Å². The molecule has 3 heteroatoms. The SMILES string of the molecule is C=C(Cl)CN1CCC(CNC2CC2)CC1. The van der Waals surface area contributed by atoms with Crippen LogP contribution in [0.15, 0.2) is 11.6 Å². The summed E-state index contributed by atoms with van der Waals surface area (Å²) in [5.74, 6) is 0.880. The van der Waals surface area contributed by atoms with Crippen LogP contribution in [0.1, 0.15) is 25.7 Å². The fourth-order valence-electron chi connectivity index (χ4n) is 2.21. The maximum absolute atomic E-state index is 5.81. The van der Waals surface area contributed by atoms with E-state index in [1.807, 2.05) is 0 Å². The zero-order valence-corrected chi connectivity index (χ0v) is 10.1. The smallest absolute Gasteiger partial charge is 0.0335 e. The Kier molecular flexibility index (Phi) is 4.06. The van der Waals surface area contributed by atoms with E-state index in [-0.39, 0.29) is 0 Å². The van der Waals surface area contributed by atoms with E-state index in [2.05, 4.69) is 16.8 Å². The Bertz CT molecular complexity index is 218. The first-order valence-electron chi connectivity index (χ1n) is 6.03. The Labute approximate surface area is 97.7 Å². The highest BCUT2D eigenvalue weighted by Gasteiger charge is 2.24. The van der Waals surface area contributed by atoms with Gasteiger partial charge in [0.25, 0.3) is 0 Å². The minimum atomic E-state index is 0.768. The summed E-state index contributed by atoms with van der Waals surface area (Å²) in [6, 6.07) is 0.852. The minimum Gasteiger partial charge on any atom is -0.314 e. The molecule has 0 aromatic rings. The molecule has 0 aromatic heterocycles. The Morgan fingerprint density at radius 3 is 2.47 bits per heavy atom. The van der Waals surface area contributed by atoms with Crippen molar-refractivity contribution < 1.29 is 0 Å². The maximum Gasteiger partial charge on any atom is 0.0335 e. The minimum absolute atomic E-state index is 0.768. The van der Waals surface area contributed by atoms with E-state index in [0.29, 0.717) is 0 Å². The van der Waals surface area contributed by atoms with Gasteiger partial charge >= 0.3 is 0 Å². The fraction of sp³-hybridized carbons (Fsp3) is 0.833. The molecule has 2 nitrogen and oxygen atoms in total. The Morgan fingerprint density at radius 2 is 1.93 bits per heavy atom. The fourth-order valence-corrected chi connectivity index (χ4v) is 2.38. The van der Waals surface area contributed by atoms with Crippen molar-refractivity contribution in [3.63, 3.8) is 0 Å². The normalized spacial score (nSPS) is 24.3. The highest BCUT2D eigenvalue weighted by molar-refractivity contribution is 6.29. The molecule has 0 radical (unpaired) electrons. The van der Waals surface area contributed by atoms with Gasteiger partial charge in [-0.3, -0.25) is 4.90 Å². The van der Waals surface area contributed by atoms with E-state index < -0.39 is 0 Å². The van der Waals surface area contributed by atoms with Gasteiger partial charge in [-0.25, -0.2) is 0 Å². The first-order chi connectivity index (χ1) is 7.24. The van der Waals surface area contributed by atoms with Gasteiger partial charge in [0.2, 0.25) is 0 Å². The lowest BCUT2D eigenvalue weighted by molar-refractivity contribution is 0.197. The number of piperidine rings is 1. The summed E-state index contributed by atoms with van der Waals surface area (Å²) in [6.45, 7) is 8.20. The van der Waals surface area contributed by atoms with Crippen LogP contribution in [-0.4, -0.2) is 37.1 Å². The third-order valence-electron chi connectivity index (χ3n) is 3.37. The van der Waals surface area contributed by atoms with Crippen molar-refractivity contribution >= 4 is 11.6 Å². The average Bonchev–Trinajstić information content (AvgIpc) is 2.99. The summed E-state index contributed by atoms with van der Waals surface area (Å²) < 4.78 is 0. The van der Waals surface area contributed by atoms with Gasteiger partial charge in [0.05, 0.1) is 0 Å². The van der Waals surface area contributed by atoms with E-state index in [1.54, 1.807) is 0 Å². The molecule has 1 saturated carbocycles. The number of hydrogen-bond acceptors (Lipinski definition) is 2. The van der Waals surface area contributed by atoms with Crippen LogP contribution in [0, 0.1) is 5.92 Å². The van der Waals surface area contributed by atoms with Gasteiger partial charge in [0.1, 0.15) is 0 Å². The largest absolute Gasteiger partial charge is 0.314 e. The Morgan fingerprint density at radius 1 is 1.27 bits per heavy atom. The summed E-state index contributed by atoms with van der Waals surface area (Å²) >= 11 is 5.81. The number of rotatable bonds is 5. The van der Waals surface area contributed by atoms with Gasteiger partial charge in [0.15, 0.2) is 0 Å². The lowest BCUT2D eigenvalue weighted by atomic mass is 9.97. The van der Waals surface area contributed by atoms with Crippen LogP contribution in [0.4, 0.5) is 0 Å². The second-order valence-corrected chi connectivity index (χ2v) is 5.45. The lowest BCUT2D eigenvalue weighted by Gasteiger charge is -2.31. The number of nitrogens with zero attached hydrogens (tertiary/aromatic N) is 1. The number of likely N-dealkylation sites (tertiary alicyclic amines) is 1. The molecule has 0 spiro atoms. The molecule has 1 N–H and O–H groups in total. The summed E-state index contributed by atoms with van der Waals surface area (Å²) in [6.07, 6.45) is 5.41. The van der Waals surface area contributed by atoms with Gasteiger partial charge in [-0.05, 0) is 51.2 Å². The quantitative estimate of drug-likeness (QED) is 0.776. The molecular weight excluding hydrogens is 208 g/mol. The average molecular weight is 229 g/mol. The van der Waals surface area contributed by atoms with Crippen LogP contribution in [-0.2, 0) is 0 Å². The van der Waals surface area contributed by atoms with Crippen molar-refractivity contribution in [3.05, 3.63) is 11.6 Å². The zero-order chi connectivity index (χ0) is 10.7. The van der Waals surface area contributed by atoms with Gasteiger partial charge in [-0.1, -0.05) is 18.2 Å². The molecule has 1 aliphatic carbocycles. The van der Waals surface area contributed by atoms with Crippen molar-refractivity contribution in [2.75, 3.05) is 26.2 Å². The first kappa shape index (κ1) is 11.4. The van der Waals surface area contributed by atoms with Gasteiger partial charge in [-0.2, -0.15) is 0 Å². The zero-order valence-electron chi connectivity index (χ0n) is 9.34. The van der Waals surface area contributed by atoms with E-state index in [4.69, 9.17) is 11.6 Å². The predicted octanol–water partition coefficient (Wildman–Crippen LogP) is 2.20. The number of halogens is 1. The highest BCUT2D eigenvalue weighted by Crippen LogP contribution is 2.22. The first-order valence-corrected chi connectivity index (χ1v) is 6.41. The third kappa shape index (κ3) is 4.13. The van der Waals surface area contributed by atoms with Crippen LogP contribution in [0.2, 0.25) is 0 Å². The molecule has 0 bridgehead atoms. The standard InChI is InChI=1S/C12H21ClN2/c1-10(13)9-15-6-4-11(5-7-15)8-14-12-2-3-12/h11-12,14H,1-9H2. The molecule has 2 aliphatic rings. The van der Waals surface area contributed by atoms with Crippen molar-refractivity contribution in [1.29, 1.82) is 0 Å². The Balaban J connectivity index is 1.60. The second-order valence-electron chi connectivity index (χ2n) is 4.92. The molecule has 86 valence electrons. The third-order valence-corrected chi connectivity index (χ3v) is 3.49. The molecule has 1 saturated heterocycles. The second kappa shape index (κ2) is 5.33. The molecule has 1 aliphatic heterocycles. The van der Waals surface area contributed by atoms with Gasteiger partial charge < -0.3 is 5.32 Å². The highest BCUT2D eigenvalue weighted by atomic mass is 35.5. The van der Waals surface area contributed by atoms with Gasteiger partial charge in [0, 0.05) is 17.6 Å². The Hall–Kier alpha value is -0.0500. The predicted molar refractivity (Wildman–Crippen MR) is 65.2 cm³/mol. The lowest BCUT2D eigenvalue weighted by Crippen LogP contribution is -2.38. The molecule has 2 rings (SSSR count). The molecule has 0 unspecified atom stereocenters. The van der Waals surface area contributed by atoms with Crippen molar-refractivity contribution in [2.24, 2.45) is 5.92 Å². The molecule has 1 heterocycles. The van der Waals surface area contributed by atoms with Crippen molar-refractivity contribution in [1.82, 2.24) is 10.2 Å². The van der Waals surface area contributed by atoms with Crippen LogP contribution in [0.25, 0.3) is 0 Å². The molecule has 0 amide bonds. The summed E-state index contributed by atoms with van der Waals surface area (Å²) in [5, 5.41) is 4.39. The summed E-state index contributed by atoms with van der Waals surface area (Å²) in [5.41, 5.74) is 0. The summed E-state index contributed by atoms with van der Waals surface area (Å²) in [7, 11) is 0. The van der Waals surface area contributed by atoms with Crippen LogP contribution < -0.4 is 5.32 Å². The number of nitrogens with one attached hydrogen (secondary N) is 1. The van der Waals surface area contributed by atoms with Crippen molar-refractivity contribution in [2.45, 2.75) is 31.7 Å². The molecule has 15 heavy (non-hydrogen) atoms. The summed E-state index contributed by atoms with van der Waals surface area (Å²) in [4.78, 5) is 2.41. The molecular formula is C12H21ClN2. The topological polar surface area (TPSA) is 15.3 Å². The molecule has 0 atom stereocenters. The maximum atomic E-state index is 5.81. The number of hydrogen-bond donors (Lipinski definition) is 1. The van der Waals surface area contributed by atoms with Crippen LogP contribution in [0.5, 0.6) is 0 Å². The van der Waals surface area contributed by atoms with E-state index in [0.717, 1.165) is 23.5 Å². The van der Waals surface area contributed by atoms with Crippen LogP contribution in [0.3, 0.4) is 0 Å². The van der Waals surface area contributed by atoms with Gasteiger partial charge in [-0.15, -0.1) is 0 Å². The molecule has 0 aromatic carbocycles. The van der Waals surface area contributed by atoms with E-state index in [9.17, 15) is 0 Å². The van der Waals surface area contributed by atoms with E-state index >= 15 is 0 Å². The molecule has 2 fully saturated rings. The van der Waals surface area contributed by atoms with E-state index in [1.165, 1.54) is 45.3 Å². The van der Waals surface area contributed by atoms with Crippen LogP contribution >= 0.6 is 11.6 Å².